The number of aromatic hydroxyl groups is 1. The molecule has 158 valence electrons. The molecule has 2 aromatic heterocycles. The molecule has 1 aromatic carbocycles. The SMILES string of the molecule is C=CCN(C[C@@H](Cc1ccc(O)cc1)N(C)C)c1nc(Cc2ccsc2)cc(=O)[nH]1. The lowest BCUT2D eigenvalue weighted by Gasteiger charge is -2.31. The molecule has 2 N–H and O–H groups in total. The molecule has 0 aliphatic heterocycles. The molecule has 0 bridgehead atoms. The van der Waals surface area contributed by atoms with E-state index in [9.17, 15) is 9.90 Å². The summed E-state index contributed by atoms with van der Waals surface area (Å²) in [4.78, 5) is 24.2. The minimum absolute atomic E-state index is 0.153. The van der Waals surface area contributed by atoms with Crippen molar-refractivity contribution in [3.8, 4) is 5.75 Å². The van der Waals surface area contributed by atoms with E-state index in [0.29, 0.717) is 25.5 Å². The summed E-state index contributed by atoms with van der Waals surface area (Å²) in [5, 5.41) is 13.6. The summed E-state index contributed by atoms with van der Waals surface area (Å²) >= 11 is 1.64. The van der Waals surface area contributed by atoms with E-state index in [0.717, 1.165) is 23.2 Å². The highest BCUT2D eigenvalue weighted by molar-refractivity contribution is 7.07. The molecule has 1 atom stereocenters. The summed E-state index contributed by atoms with van der Waals surface area (Å²) in [6.45, 7) is 5.12. The maximum Gasteiger partial charge on any atom is 0.252 e. The normalized spacial score (nSPS) is 12.1. The van der Waals surface area contributed by atoms with Gasteiger partial charge in [0, 0.05) is 31.6 Å². The maximum atomic E-state index is 12.3. The molecule has 30 heavy (non-hydrogen) atoms. The second kappa shape index (κ2) is 10.2. The Labute approximate surface area is 181 Å². The molecule has 0 aliphatic carbocycles. The summed E-state index contributed by atoms with van der Waals surface area (Å²) in [5.41, 5.74) is 2.89. The Morgan fingerprint density at radius 2 is 2.00 bits per heavy atom. The van der Waals surface area contributed by atoms with Crippen LogP contribution in [0.3, 0.4) is 0 Å². The number of hydrogen-bond acceptors (Lipinski definition) is 6. The Bertz CT molecular complexity index is 997. The lowest BCUT2D eigenvalue weighted by atomic mass is 10.0. The summed E-state index contributed by atoms with van der Waals surface area (Å²) in [5.74, 6) is 0.822. The first-order valence-electron chi connectivity index (χ1n) is 9.86. The standard InChI is InChI=1S/C23H28N4O2S/c1-4-10-27(15-20(26(2)3)13-17-5-7-21(28)8-6-17)23-24-19(14-22(29)25-23)12-18-9-11-30-16-18/h4-9,11,14,16,20,28H,1,10,12-13,15H2,2-3H3,(H,24,25,29)/t20-/m1/s1. The highest BCUT2D eigenvalue weighted by Crippen LogP contribution is 2.16. The third-order valence-electron chi connectivity index (χ3n) is 4.97. The van der Waals surface area contributed by atoms with E-state index in [1.54, 1.807) is 29.5 Å². The van der Waals surface area contributed by atoms with Crippen LogP contribution < -0.4 is 10.5 Å². The molecule has 6 nitrogen and oxygen atoms in total. The predicted octanol–water partition coefficient (Wildman–Crippen LogP) is 3.29. The number of benzene rings is 1. The van der Waals surface area contributed by atoms with Crippen LogP contribution in [0.2, 0.25) is 0 Å². The van der Waals surface area contributed by atoms with Crippen molar-refractivity contribution in [2.24, 2.45) is 0 Å². The van der Waals surface area contributed by atoms with E-state index in [4.69, 9.17) is 4.98 Å². The van der Waals surface area contributed by atoms with Crippen LogP contribution in [0.1, 0.15) is 16.8 Å². The van der Waals surface area contributed by atoms with E-state index >= 15 is 0 Å². The first-order chi connectivity index (χ1) is 14.4. The van der Waals surface area contributed by atoms with Crippen molar-refractivity contribution in [2.75, 3.05) is 32.1 Å². The van der Waals surface area contributed by atoms with Crippen LogP contribution in [0, 0.1) is 0 Å². The molecule has 0 radical (unpaired) electrons. The monoisotopic (exact) mass is 424 g/mol. The van der Waals surface area contributed by atoms with Crippen molar-refractivity contribution in [3.05, 3.63) is 87.0 Å². The molecule has 3 aromatic rings. The van der Waals surface area contributed by atoms with Gasteiger partial charge < -0.3 is 14.9 Å². The molecular weight excluding hydrogens is 396 g/mol. The second-order valence-electron chi connectivity index (χ2n) is 7.55. The third kappa shape index (κ3) is 6.05. The molecule has 3 rings (SSSR count). The zero-order chi connectivity index (χ0) is 21.5. The van der Waals surface area contributed by atoms with Gasteiger partial charge in [-0.2, -0.15) is 11.3 Å². The van der Waals surface area contributed by atoms with Gasteiger partial charge in [-0.1, -0.05) is 18.2 Å². The quantitative estimate of drug-likeness (QED) is 0.489. The molecule has 0 unspecified atom stereocenters. The number of anilines is 1. The highest BCUT2D eigenvalue weighted by atomic mass is 32.1. The Hall–Kier alpha value is -2.90. The van der Waals surface area contributed by atoms with Crippen LogP contribution in [-0.4, -0.2) is 53.2 Å². The number of aromatic nitrogens is 2. The van der Waals surface area contributed by atoms with Crippen LogP contribution in [-0.2, 0) is 12.8 Å². The van der Waals surface area contributed by atoms with E-state index < -0.39 is 0 Å². The number of nitrogens with one attached hydrogen (secondary N) is 1. The van der Waals surface area contributed by atoms with Gasteiger partial charge in [0.2, 0.25) is 5.95 Å². The van der Waals surface area contributed by atoms with Gasteiger partial charge in [-0.15, -0.1) is 6.58 Å². The minimum atomic E-state index is -0.153. The van der Waals surface area contributed by atoms with Gasteiger partial charge in [0.1, 0.15) is 5.75 Å². The van der Waals surface area contributed by atoms with Crippen molar-refractivity contribution in [2.45, 2.75) is 18.9 Å². The average Bonchev–Trinajstić information content (AvgIpc) is 3.21. The van der Waals surface area contributed by atoms with Gasteiger partial charge in [0.15, 0.2) is 0 Å². The fourth-order valence-electron chi connectivity index (χ4n) is 3.31. The maximum absolute atomic E-state index is 12.3. The van der Waals surface area contributed by atoms with E-state index in [2.05, 4.69) is 32.8 Å². The summed E-state index contributed by atoms with van der Waals surface area (Å²) in [7, 11) is 4.08. The van der Waals surface area contributed by atoms with Gasteiger partial charge >= 0.3 is 0 Å². The molecule has 0 fully saturated rings. The lowest BCUT2D eigenvalue weighted by Crippen LogP contribution is -2.43. The van der Waals surface area contributed by atoms with Gasteiger partial charge in [-0.25, -0.2) is 4.98 Å². The summed E-state index contributed by atoms with van der Waals surface area (Å²) in [6, 6.07) is 11.1. The summed E-state index contributed by atoms with van der Waals surface area (Å²) < 4.78 is 0. The van der Waals surface area contributed by atoms with Crippen molar-refractivity contribution < 1.29 is 5.11 Å². The lowest BCUT2D eigenvalue weighted by molar-refractivity contribution is 0.293. The molecule has 0 spiro atoms. The third-order valence-corrected chi connectivity index (χ3v) is 5.70. The van der Waals surface area contributed by atoms with Crippen LogP contribution in [0.25, 0.3) is 0 Å². The van der Waals surface area contributed by atoms with E-state index in [1.165, 1.54) is 0 Å². The zero-order valence-corrected chi connectivity index (χ0v) is 18.2. The molecular formula is C23H28N4O2S. The predicted molar refractivity (Wildman–Crippen MR) is 124 cm³/mol. The number of H-pyrrole nitrogens is 1. The zero-order valence-electron chi connectivity index (χ0n) is 17.4. The number of phenols is 1. The molecule has 2 heterocycles. The second-order valence-corrected chi connectivity index (χ2v) is 8.33. The number of likely N-dealkylation sites (N-methyl/N-ethyl adjacent to an activating group) is 1. The Kier molecular flexibility index (Phi) is 7.43. The number of aromatic amines is 1. The highest BCUT2D eigenvalue weighted by Gasteiger charge is 2.19. The molecule has 0 aliphatic rings. The summed E-state index contributed by atoms with van der Waals surface area (Å²) in [6.07, 6.45) is 3.26. The Morgan fingerprint density at radius 3 is 2.63 bits per heavy atom. The van der Waals surface area contributed by atoms with Gasteiger partial charge in [0.25, 0.3) is 5.56 Å². The first kappa shape index (κ1) is 21.8. The minimum Gasteiger partial charge on any atom is -0.508 e. The Morgan fingerprint density at radius 1 is 1.23 bits per heavy atom. The molecule has 0 saturated heterocycles. The van der Waals surface area contributed by atoms with Crippen LogP contribution in [0.15, 0.2) is 64.6 Å². The van der Waals surface area contributed by atoms with Gasteiger partial charge in [-0.05, 0) is 60.6 Å². The van der Waals surface area contributed by atoms with Crippen LogP contribution >= 0.6 is 11.3 Å². The van der Waals surface area contributed by atoms with Crippen LogP contribution in [0.5, 0.6) is 5.75 Å². The Balaban J connectivity index is 1.82. The average molecular weight is 425 g/mol. The fourth-order valence-corrected chi connectivity index (χ4v) is 3.98. The van der Waals surface area contributed by atoms with Gasteiger partial charge in [0.05, 0.1) is 5.69 Å². The first-order valence-corrected chi connectivity index (χ1v) is 10.8. The van der Waals surface area contributed by atoms with Crippen molar-refractivity contribution >= 4 is 17.3 Å². The van der Waals surface area contributed by atoms with Crippen molar-refractivity contribution in [1.29, 1.82) is 0 Å². The number of rotatable bonds is 10. The topological polar surface area (TPSA) is 72.5 Å². The molecule has 0 saturated carbocycles. The van der Waals surface area contributed by atoms with Crippen molar-refractivity contribution in [3.63, 3.8) is 0 Å². The number of thiophene rings is 1. The van der Waals surface area contributed by atoms with Crippen LogP contribution in [0.4, 0.5) is 5.95 Å². The van der Waals surface area contributed by atoms with E-state index in [1.807, 2.05) is 37.7 Å². The van der Waals surface area contributed by atoms with Crippen molar-refractivity contribution in [1.82, 2.24) is 14.9 Å². The van der Waals surface area contributed by atoms with Gasteiger partial charge in [-0.3, -0.25) is 9.78 Å². The van der Waals surface area contributed by atoms with E-state index in [-0.39, 0.29) is 17.4 Å². The number of phenolic OH excluding ortho intramolecular Hbond substituents is 1. The fraction of sp³-hybridized carbons (Fsp3) is 0.304. The molecule has 0 amide bonds. The largest absolute Gasteiger partial charge is 0.508 e. The molecule has 7 heteroatoms. The number of hydrogen-bond donors (Lipinski definition) is 2. The smallest absolute Gasteiger partial charge is 0.252 e. The number of nitrogens with zero attached hydrogens (tertiary/aromatic N) is 3.